The van der Waals surface area contributed by atoms with Crippen molar-refractivity contribution in [3.8, 4) is 22.7 Å². The van der Waals surface area contributed by atoms with Crippen LogP contribution < -0.4 is 4.74 Å². The summed E-state index contributed by atoms with van der Waals surface area (Å²) in [6.07, 6.45) is 1.32. The van der Waals surface area contributed by atoms with Gasteiger partial charge in [-0.3, -0.25) is 0 Å². The monoisotopic (exact) mass is 409 g/mol. The first kappa shape index (κ1) is 18.2. The highest BCUT2D eigenvalue weighted by Crippen LogP contribution is 2.41. The smallest absolute Gasteiger partial charge is 0.390 e. The highest BCUT2D eigenvalue weighted by atomic mass is 35.5. The van der Waals surface area contributed by atoms with Crippen LogP contribution in [0.1, 0.15) is 11.3 Å². The molecule has 2 heterocycles. The second kappa shape index (κ2) is 7.54. The molecule has 0 spiro atoms. The molecule has 0 atom stereocenters. The Balaban J connectivity index is 1.63. The van der Waals surface area contributed by atoms with E-state index in [1.165, 1.54) is 5.56 Å². The van der Waals surface area contributed by atoms with E-state index >= 15 is 0 Å². The van der Waals surface area contributed by atoms with Crippen molar-refractivity contribution in [3.05, 3.63) is 64.8 Å². The molecule has 6 nitrogen and oxygen atoms in total. The van der Waals surface area contributed by atoms with Crippen LogP contribution in [0.25, 0.3) is 16.8 Å². The predicted molar refractivity (Wildman–Crippen MR) is 110 cm³/mol. The van der Waals surface area contributed by atoms with Crippen LogP contribution in [0.15, 0.2) is 48.5 Å². The Morgan fingerprint density at radius 2 is 1.90 bits per heavy atom. The van der Waals surface area contributed by atoms with Crippen molar-refractivity contribution in [1.29, 1.82) is 0 Å². The van der Waals surface area contributed by atoms with E-state index < -0.39 is 0 Å². The zero-order valence-corrected chi connectivity index (χ0v) is 16.6. The summed E-state index contributed by atoms with van der Waals surface area (Å²) in [5.41, 5.74) is 4.86. The summed E-state index contributed by atoms with van der Waals surface area (Å²) < 4.78 is 13.0. The van der Waals surface area contributed by atoms with Crippen molar-refractivity contribution < 1.29 is 14.3 Å². The third kappa shape index (κ3) is 3.39. The van der Waals surface area contributed by atoms with Gasteiger partial charge in [-0.1, -0.05) is 41.9 Å². The van der Waals surface area contributed by atoms with Gasteiger partial charge in [-0.15, -0.1) is 0 Å². The number of hydrogen-bond acceptors (Lipinski definition) is 4. The number of carbonyl (C=O) groups is 1. The Kier molecular flexibility index (Phi) is 4.73. The Labute approximate surface area is 173 Å². The fraction of sp³-hybridized carbons (Fsp3) is 0.273. The molecule has 5 rings (SSSR count). The minimum Gasteiger partial charge on any atom is -0.390 e. The SMILES string of the molecule is O=C(Oc1c2c(nn1-c1cccc(Cl)c1)CCc1ccccc1-2)N1CCOCC1. The summed E-state index contributed by atoms with van der Waals surface area (Å²) in [5.74, 6) is 0.436. The number of rotatable bonds is 2. The number of benzene rings is 2. The minimum absolute atomic E-state index is 0.387. The summed E-state index contributed by atoms with van der Waals surface area (Å²) in [5, 5.41) is 5.40. The zero-order chi connectivity index (χ0) is 19.8. The summed E-state index contributed by atoms with van der Waals surface area (Å²) in [6.45, 7) is 2.07. The van der Waals surface area contributed by atoms with E-state index in [2.05, 4.69) is 12.1 Å². The van der Waals surface area contributed by atoms with Crippen LogP contribution in [0, 0.1) is 0 Å². The van der Waals surface area contributed by atoms with Gasteiger partial charge in [-0.25, -0.2) is 4.79 Å². The van der Waals surface area contributed by atoms with E-state index in [1.807, 2.05) is 36.4 Å². The maximum atomic E-state index is 12.9. The maximum absolute atomic E-state index is 12.9. The van der Waals surface area contributed by atoms with Crippen LogP contribution in [-0.2, 0) is 17.6 Å². The first-order valence-corrected chi connectivity index (χ1v) is 10.1. The fourth-order valence-electron chi connectivity index (χ4n) is 3.90. The third-order valence-corrected chi connectivity index (χ3v) is 5.57. The van der Waals surface area contributed by atoms with E-state index in [-0.39, 0.29) is 6.09 Å². The van der Waals surface area contributed by atoms with E-state index in [4.69, 9.17) is 26.2 Å². The van der Waals surface area contributed by atoms with E-state index in [9.17, 15) is 4.79 Å². The second-order valence-electron chi connectivity index (χ2n) is 7.14. The van der Waals surface area contributed by atoms with Gasteiger partial charge in [0.15, 0.2) is 0 Å². The number of nitrogens with zero attached hydrogens (tertiary/aromatic N) is 3. The van der Waals surface area contributed by atoms with Crippen molar-refractivity contribution in [2.45, 2.75) is 12.8 Å². The summed E-state index contributed by atoms with van der Waals surface area (Å²) >= 11 is 6.21. The molecule has 1 saturated heterocycles. The van der Waals surface area contributed by atoms with Crippen molar-refractivity contribution in [2.24, 2.45) is 0 Å². The molecule has 2 aliphatic rings. The third-order valence-electron chi connectivity index (χ3n) is 5.34. The molecule has 1 amide bonds. The van der Waals surface area contributed by atoms with Crippen molar-refractivity contribution in [3.63, 3.8) is 0 Å². The molecule has 0 radical (unpaired) electrons. The molecule has 7 heteroatoms. The first-order chi connectivity index (χ1) is 14.2. The Morgan fingerprint density at radius 3 is 2.72 bits per heavy atom. The highest BCUT2D eigenvalue weighted by molar-refractivity contribution is 6.30. The highest BCUT2D eigenvalue weighted by Gasteiger charge is 2.30. The molecule has 1 aromatic heterocycles. The van der Waals surface area contributed by atoms with E-state index in [1.54, 1.807) is 9.58 Å². The number of halogens is 1. The zero-order valence-electron chi connectivity index (χ0n) is 15.8. The Hall–Kier alpha value is -2.83. The van der Waals surface area contributed by atoms with Crippen LogP contribution >= 0.6 is 11.6 Å². The lowest BCUT2D eigenvalue weighted by Gasteiger charge is -2.26. The van der Waals surface area contributed by atoms with E-state index in [0.717, 1.165) is 35.3 Å². The number of amides is 1. The average Bonchev–Trinajstić information content (AvgIpc) is 3.13. The lowest BCUT2D eigenvalue weighted by molar-refractivity contribution is 0.0410. The molecular weight excluding hydrogens is 390 g/mol. The van der Waals surface area contributed by atoms with Gasteiger partial charge in [-0.2, -0.15) is 9.78 Å². The second-order valence-corrected chi connectivity index (χ2v) is 7.58. The molecule has 148 valence electrons. The van der Waals surface area contributed by atoms with Crippen LogP contribution in [-0.4, -0.2) is 47.1 Å². The first-order valence-electron chi connectivity index (χ1n) is 9.71. The quantitative estimate of drug-likeness (QED) is 0.638. The molecule has 0 saturated carbocycles. The van der Waals surface area contributed by atoms with Crippen molar-refractivity contribution >= 4 is 17.7 Å². The number of morpholine rings is 1. The number of fused-ring (bicyclic) bond motifs is 3. The molecule has 2 aromatic carbocycles. The predicted octanol–water partition coefficient (Wildman–Crippen LogP) is 4.12. The maximum Gasteiger partial charge on any atom is 0.416 e. The molecule has 0 N–H and O–H groups in total. The molecule has 1 fully saturated rings. The topological polar surface area (TPSA) is 56.6 Å². The van der Waals surface area contributed by atoms with Gasteiger partial charge in [0, 0.05) is 18.1 Å². The minimum atomic E-state index is -0.387. The van der Waals surface area contributed by atoms with Crippen LogP contribution in [0.4, 0.5) is 4.79 Å². The van der Waals surface area contributed by atoms with Gasteiger partial charge in [-0.05, 0) is 42.2 Å². The molecule has 29 heavy (non-hydrogen) atoms. The lowest BCUT2D eigenvalue weighted by atomic mass is 9.90. The van der Waals surface area contributed by atoms with Crippen LogP contribution in [0.2, 0.25) is 5.02 Å². The normalized spacial score (nSPS) is 15.6. The number of carbonyl (C=O) groups excluding carboxylic acids is 1. The average molecular weight is 410 g/mol. The molecule has 0 bridgehead atoms. The Morgan fingerprint density at radius 1 is 1.07 bits per heavy atom. The van der Waals surface area contributed by atoms with Gasteiger partial charge in [0.05, 0.1) is 30.2 Å². The van der Waals surface area contributed by atoms with Gasteiger partial charge in [0.1, 0.15) is 0 Å². The summed E-state index contributed by atoms with van der Waals surface area (Å²) in [7, 11) is 0. The summed E-state index contributed by atoms with van der Waals surface area (Å²) in [4.78, 5) is 14.6. The standard InChI is InChI=1S/C22H20ClN3O3/c23-16-5-3-6-17(14-16)26-21(29-22(27)25-10-12-28-13-11-25)20-18-7-2-1-4-15(18)8-9-19(20)24-26/h1-7,14H,8-13H2. The lowest BCUT2D eigenvalue weighted by Crippen LogP contribution is -2.42. The van der Waals surface area contributed by atoms with Gasteiger partial charge >= 0.3 is 6.09 Å². The number of aromatic nitrogens is 2. The Bertz CT molecular complexity index is 1070. The van der Waals surface area contributed by atoms with Gasteiger partial charge in [0.25, 0.3) is 0 Å². The van der Waals surface area contributed by atoms with Gasteiger partial charge < -0.3 is 14.4 Å². The van der Waals surface area contributed by atoms with Gasteiger partial charge in [0.2, 0.25) is 5.88 Å². The van der Waals surface area contributed by atoms with Crippen molar-refractivity contribution in [2.75, 3.05) is 26.3 Å². The molecule has 1 aliphatic heterocycles. The number of aryl methyl sites for hydroxylation is 2. The van der Waals surface area contributed by atoms with Crippen LogP contribution in [0.3, 0.4) is 0 Å². The molecule has 3 aromatic rings. The number of hydrogen-bond donors (Lipinski definition) is 0. The van der Waals surface area contributed by atoms with E-state index in [0.29, 0.717) is 37.2 Å². The molecular formula is C22H20ClN3O3. The molecule has 1 aliphatic carbocycles. The van der Waals surface area contributed by atoms with Crippen molar-refractivity contribution in [1.82, 2.24) is 14.7 Å². The fourth-order valence-corrected chi connectivity index (χ4v) is 4.08. The molecule has 0 unspecified atom stereocenters. The largest absolute Gasteiger partial charge is 0.416 e. The number of ether oxygens (including phenoxy) is 2. The van der Waals surface area contributed by atoms with Crippen LogP contribution in [0.5, 0.6) is 5.88 Å². The summed E-state index contributed by atoms with van der Waals surface area (Å²) in [6, 6.07) is 15.6.